The summed E-state index contributed by atoms with van der Waals surface area (Å²) in [6, 6.07) is 1.17. The number of phenols is 3. The first-order chi connectivity index (χ1) is 8.81. The number of hydrogen-bond donors (Lipinski definition) is 5. The number of hydrogen-bond acceptors (Lipinski definition) is 5. The van der Waals surface area contributed by atoms with E-state index in [1.165, 1.54) is 6.07 Å². The van der Waals surface area contributed by atoms with Gasteiger partial charge < -0.3 is 25.4 Å². The quantitative estimate of drug-likeness (QED) is 0.310. The van der Waals surface area contributed by atoms with Crippen LogP contribution in [0.15, 0.2) is 12.6 Å². The normalized spacial score (nSPS) is 12.2. The van der Waals surface area contributed by atoms with Crippen molar-refractivity contribution in [1.82, 2.24) is 0 Å². The molecule has 0 fully saturated rings. The smallest absolute Gasteiger partial charge is 0.496 e. The Bertz CT molecular complexity index is 484. The molecule has 1 rings (SSSR count). The summed E-state index contributed by atoms with van der Waals surface area (Å²) in [6.07, 6.45) is 1.78. The van der Waals surface area contributed by atoms with E-state index in [0.717, 1.165) is 12.8 Å². The van der Waals surface area contributed by atoms with E-state index in [1.54, 1.807) is 0 Å². The molecule has 1 aromatic carbocycles. The van der Waals surface area contributed by atoms with Crippen LogP contribution in [0.3, 0.4) is 0 Å². The minimum Gasteiger partial charge on any atom is -0.508 e. The Kier molecular flexibility index (Phi) is 4.86. The fourth-order valence-corrected chi connectivity index (χ4v) is 2.03. The Hall–Kier alpha value is -1.66. The molecule has 0 spiro atoms. The second-order valence-electron chi connectivity index (χ2n) is 4.64. The van der Waals surface area contributed by atoms with Gasteiger partial charge in [-0.15, -0.1) is 0 Å². The van der Waals surface area contributed by atoms with Crippen LogP contribution in [0.4, 0.5) is 0 Å². The molecule has 0 amide bonds. The summed E-state index contributed by atoms with van der Waals surface area (Å²) < 4.78 is 0. The molecule has 0 aliphatic carbocycles. The number of aromatic hydroxyl groups is 3. The van der Waals surface area contributed by atoms with Gasteiger partial charge in [0, 0.05) is 5.56 Å². The molecule has 19 heavy (non-hydrogen) atoms. The summed E-state index contributed by atoms with van der Waals surface area (Å²) >= 11 is 0. The van der Waals surface area contributed by atoms with Crippen LogP contribution < -0.4 is 5.46 Å². The molecule has 1 atom stereocenters. The molecule has 104 valence electrons. The maximum Gasteiger partial charge on any atom is 0.496 e. The second kappa shape index (κ2) is 5.99. The highest BCUT2D eigenvalue weighted by Crippen LogP contribution is 2.37. The van der Waals surface area contributed by atoms with Crippen LogP contribution in [-0.2, 0) is 0 Å². The standard InChI is InChI=1S/C13H19BO5/c1-4-5-7(2)8(3)9-6-10(15)13(17)11(12(9)16)14(18)19/h6-7,15-19H,3-5H2,1-2H3. The molecule has 0 saturated heterocycles. The van der Waals surface area contributed by atoms with Gasteiger partial charge >= 0.3 is 7.12 Å². The third-order valence-corrected chi connectivity index (χ3v) is 3.21. The maximum atomic E-state index is 10.0. The van der Waals surface area contributed by atoms with Gasteiger partial charge in [-0.05, 0) is 24.0 Å². The fourth-order valence-electron chi connectivity index (χ4n) is 2.03. The van der Waals surface area contributed by atoms with E-state index >= 15 is 0 Å². The maximum absolute atomic E-state index is 10.0. The Morgan fingerprint density at radius 1 is 1.26 bits per heavy atom. The van der Waals surface area contributed by atoms with E-state index in [1.807, 2.05) is 13.8 Å². The van der Waals surface area contributed by atoms with Crippen LogP contribution in [0.5, 0.6) is 17.2 Å². The van der Waals surface area contributed by atoms with E-state index < -0.39 is 29.8 Å². The summed E-state index contributed by atoms with van der Waals surface area (Å²) in [7, 11) is -2.08. The fraction of sp³-hybridized carbons (Fsp3) is 0.385. The van der Waals surface area contributed by atoms with Gasteiger partial charge in [0.25, 0.3) is 0 Å². The number of phenolic OH excluding ortho intramolecular Hbond substituents is 3. The first-order valence-electron chi connectivity index (χ1n) is 6.14. The molecular formula is C13H19BO5. The number of rotatable bonds is 5. The molecule has 0 aromatic heterocycles. The monoisotopic (exact) mass is 266 g/mol. The lowest BCUT2D eigenvalue weighted by atomic mass is 9.76. The topological polar surface area (TPSA) is 101 Å². The van der Waals surface area contributed by atoms with E-state index in [2.05, 4.69) is 6.58 Å². The Morgan fingerprint density at radius 2 is 1.84 bits per heavy atom. The zero-order chi connectivity index (χ0) is 14.7. The van der Waals surface area contributed by atoms with Gasteiger partial charge in [-0.2, -0.15) is 0 Å². The van der Waals surface area contributed by atoms with E-state index in [4.69, 9.17) is 10.0 Å². The molecule has 5 N–H and O–H groups in total. The van der Waals surface area contributed by atoms with Crippen LogP contribution in [0.2, 0.25) is 0 Å². The molecule has 0 radical (unpaired) electrons. The van der Waals surface area contributed by atoms with Crippen LogP contribution in [0.1, 0.15) is 32.3 Å². The van der Waals surface area contributed by atoms with Crippen molar-refractivity contribution in [3.8, 4) is 17.2 Å². The summed E-state index contributed by atoms with van der Waals surface area (Å²) in [6.45, 7) is 7.80. The zero-order valence-electron chi connectivity index (χ0n) is 11.1. The Morgan fingerprint density at radius 3 is 2.32 bits per heavy atom. The van der Waals surface area contributed by atoms with Crippen molar-refractivity contribution >= 4 is 18.2 Å². The van der Waals surface area contributed by atoms with Crippen molar-refractivity contribution in [3.05, 3.63) is 18.2 Å². The highest BCUT2D eigenvalue weighted by atomic mass is 16.4. The van der Waals surface area contributed by atoms with Gasteiger partial charge in [0.2, 0.25) is 0 Å². The summed E-state index contributed by atoms with van der Waals surface area (Å²) in [4.78, 5) is 0. The third kappa shape index (κ3) is 3.02. The first kappa shape index (κ1) is 15.4. The van der Waals surface area contributed by atoms with Gasteiger partial charge in [-0.25, -0.2) is 0 Å². The molecule has 0 saturated carbocycles. The lowest BCUT2D eigenvalue weighted by Gasteiger charge is -2.18. The molecule has 0 bridgehead atoms. The molecule has 1 unspecified atom stereocenters. The predicted molar refractivity (Wildman–Crippen MR) is 74.4 cm³/mol. The minimum absolute atomic E-state index is 0.0588. The van der Waals surface area contributed by atoms with Gasteiger partial charge in [0.05, 0.1) is 5.46 Å². The Balaban J connectivity index is 3.34. The van der Waals surface area contributed by atoms with Crippen LogP contribution in [0, 0.1) is 5.92 Å². The molecular weight excluding hydrogens is 247 g/mol. The molecule has 1 aromatic rings. The van der Waals surface area contributed by atoms with Gasteiger partial charge in [-0.1, -0.05) is 26.8 Å². The van der Waals surface area contributed by atoms with E-state index in [0.29, 0.717) is 5.57 Å². The Labute approximate surface area is 112 Å². The van der Waals surface area contributed by atoms with E-state index in [-0.39, 0.29) is 11.5 Å². The summed E-state index contributed by atoms with van der Waals surface area (Å²) in [5, 5.41) is 47.4. The predicted octanol–water partition coefficient (Wildman–Crippen LogP) is 0.933. The average Bonchev–Trinajstić information content (AvgIpc) is 2.33. The van der Waals surface area contributed by atoms with Gasteiger partial charge in [-0.3, -0.25) is 0 Å². The van der Waals surface area contributed by atoms with E-state index in [9.17, 15) is 15.3 Å². The SMILES string of the molecule is C=C(c1cc(O)c(O)c(B(O)O)c1O)C(C)CCC. The van der Waals surface area contributed by atoms with Crippen LogP contribution in [-0.4, -0.2) is 32.5 Å². The van der Waals surface area contributed by atoms with Crippen molar-refractivity contribution in [2.45, 2.75) is 26.7 Å². The average molecular weight is 266 g/mol. The molecule has 0 heterocycles. The highest BCUT2D eigenvalue weighted by molar-refractivity contribution is 6.61. The lowest BCUT2D eigenvalue weighted by Crippen LogP contribution is -2.31. The zero-order valence-corrected chi connectivity index (χ0v) is 11.1. The molecule has 0 aliphatic heterocycles. The number of allylic oxidation sites excluding steroid dienone is 1. The largest absolute Gasteiger partial charge is 0.508 e. The lowest BCUT2D eigenvalue weighted by molar-refractivity contribution is 0.387. The van der Waals surface area contributed by atoms with Gasteiger partial charge in [0.15, 0.2) is 11.5 Å². The van der Waals surface area contributed by atoms with Crippen molar-refractivity contribution in [1.29, 1.82) is 0 Å². The summed E-state index contributed by atoms with van der Waals surface area (Å²) in [5.74, 6) is -1.69. The van der Waals surface area contributed by atoms with Gasteiger partial charge in [0.1, 0.15) is 5.75 Å². The minimum atomic E-state index is -2.08. The third-order valence-electron chi connectivity index (χ3n) is 3.21. The molecule has 0 aliphatic rings. The molecule has 6 heteroatoms. The van der Waals surface area contributed by atoms with Crippen molar-refractivity contribution in [2.24, 2.45) is 5.92 Å². The van der Waals surface area contributed by atoms with Crippen molar-refractivity contribution in [3.63, 3.8) is 0 Å². The number of benzene rings is 1. The van der Waals surface area contributed by atoms with Crippen molar-refractivity contribution in [2.75, 3.05) is 0 Å². The highest BCUT2D eigenvalue weighted by Gasteiger charge is 2.27. The first-order valence-corrected chi connectivity index (χ1v) is 6.14. The summed E-state index contributed by atoms with van der Waals surface area (Å²) in [5.41, 5.74) is 0.260. The van der Waals surface area contributed by atoms with Crippen LogP contribution in [0.25, 0.3) is 5.57 Å². The second-order valence-corrected chi connectivity index (χ2v) is 4.64. The van der Waals surface area contributed by atoms with Crippen molar-refractivity contribution < 1.29 is 25.4 Å². The molecule has 5 nitrogen and oxygen atoms in total. The van der Waals surface area contributed by atoms with Crippen LogP contribution >= 0.6 is 0 Å².